The second-order valence-electron chi connectivity index (χ2n) is 5.88. The summed E-state index contributed by atoms with van der Waals surface area (Å²) in [7, 11) is 0. The van der Waals surface area contributed by atoms with Gasteiger partial charge in [-0.1, -0.05) is 17.7 Å². The minimum Gasteiger partial charge on any atom is -0.321 e. The lowest BCUT2D eigenvalue weighted by Crippen LogP contribution is -2.15. The van der Waals surface area contributed by atoms with E-state index in [2.05, 4.69) is 15.4 Å². The van der Waals surface area contributed by atoms with Crippen molar-refractivity contribution in [1.82, 2.24) is 14.6 Å². The summed E-state index contributed by atoms with van der Waals surface area (Å²) < 4.78 is 1.67. The fourth-order valence-electron chi connectivity index (χ4n) is 2.46. The number of hydrogen-bond acceptors (Lipinski definition) is 3. The van der Waals surface area contributed by atoms with Crippen molar-refractivity contribution in [2.24, 2.45) is 0 Å². The molecule has 0 aliphatic heterocycles. The number of hydrogen-bond donors (Lipinski definition) is 1. The molecule has 1 N–H and O–H groups in total. The summed E-state index contributed by atoms with van der Waals surface area (Å²) in [6, 6.07) is 8.92. The van der Waals surface area contributed by atoms with Crippen LogP contribution in [0.5, 0.6) is 0 Å². The van der Waals surface area contributed by atoms with Gasteiger partial charge < -0.3 is 5.32 Å². The number of rotatable bonds is 3. The van der Waals surface area contributed by atoms with Gasteiger partial charge in [0.2, 0.25) is 0 Å². The molecule has 1 aromatic carbocycles. The van der Waals surface area contributed by atoms with Crippen LogP contribution in [-0.2, 0) is 0 Å². The van der Waals surface area contributed by atoms with Crippen molar-refractivity contribution in [2.45, 2.75) is 25.7 Å². The number of nitrogens with zero attached hydrogens (tertiary/aromatic N) is 3. The number of halogens is 1. The molecule has 116 valence electrons. The van der Waals surface area contributed by atoms with Crippen LogP contribution in [0, 0.1) is 6.92 Å². The number of imidazole rings is 1. The summed E-state index contributed by atoms with van der Waals surface area (Å²) >= 11 is 6.08. The summed E-state index contributed by atoms with van der Waals surface area (Å²) in [4.78, 5) is 16.9. The first-order chi connectivity index (χ1) is 11.1. The van der Waals surface area contributed by atoms with Crippen LogP contribution in [0.1, 0.15) is 40.5 Å². The predicted molar refractivity (Wildman–Crippen MR) is 89.1 cm³/mol. The third kappa shape index (κ3) is 2.80. The predicted octanol–water partition coefficient (Wildman–Crippen LogP) is 3.82. The monoisotopic (exact) mass is 326 g/mol. The number of nitrogens with one attached hydrogen (secondary N) is 1. The summed E-state index contributed by atoms with van der Waals surface area (Å²) in [5.74, 6) is 0.289. The number of amides is 1. The van der Waals surface area contributed by atoms with Gasteiger partial charge in [0.25, 0.3) is 5.91 Å². The second kappa shape index (κ2) is 5.35. The standard InChI is InChI=1S/C17H15ClN4O/c1-10-2-5-12(8-13(10)18)19-17(23)14-6-7-16-20-15(11-3-4-11)9-22(16)21-14/h2,5-9,11H,3-4H2,1H3,(H,19,23). The highest BCUT2D eigenvalue weighted by Crippen LogP contribution is 2.39. The summed E-state index contributed by atoms with van der Waals surface area (Å²) in [5.41, 5.74) is 3.78. The number of aryl methyl sites for hydroxylation is 1. The van der Waals surface area contributed by atoms with Crippen molar-refractivity contribution < 1.29 is 4.79 Å². The molecule has 4 rings (SSSR count). The lowest BCUT2D eigenvalue weighted by molar-refractivity contribution is 0.102. The Morgan fingerprint density at radius 1 is 1.30 bits per heavy atom. The molecule has 0 unspecified atom stereocenters. The van der Waals surface area contributed by atoms with Gasteiger partial charge in [0, 0.05) is 16.6 Å². The van der Waals surface area contributed by atoms with Gasteiger partial charge in [-0.3, -0.25) is 4.79 Å². The van der Waals surface area contributed by atoms with E-state index in [0.29, 0.717) is 22.3 Å². The van der Waals surface area contributed by atoms with E-state index in [-0.39, 0.29) is 5.91 Å². The summed E-state index contributed by atoms with van der Waals surface area (Å²) in [5, 5.41) is 7.78. The number of benzene rings is 1. The molecule has 0 bridgehead atoms. The van der Waals surface area contributed by atoms with E-state index in [1.54, 1.807) is 16.6 Å². The number of aromatic nitrogens is 3. The topological polar surface area (TPSA) is 59.3 Å². The molecular weight excluding hydrogens is 312 g/mol. The quantitative estimate of drug-likeness (QED) is 0.796. The molecule has 3 aromatic rings. The third-order valence-electron chi connectivity index (χ3n) is 4.00. The average molecular weight is 327 g/mol. The van der Waals surface area contributed by atoms with Gasteiger partial charge in [-0.25, -0.2) is 9.50 Å². The Kier molecular flexibility index (Phi) is 3.31. The Labute approximate surface area is 138 Å². The fraction of sp³-hybridized carbons (Fsp3) is 0.235. The molecular formula is C17H15ClN4O. The van der Waals surface area contributed by atoms with Crippen LogP contribution >= 0.6 is 11.6 Å². The Morgan fingerprint density at radius 2 is 2.13 bits per heavy atom. The molecule has 1 fully saturated rings. The maximum Gasteiger partial charge on any atom is 0.276 e. The van der Waals surface area contributed by atoms with Crippen LogP contribution < -0.4 is 5.32 Å². The molecule has 6 heteroatoms. The summed E-state index contributed by atoms with van der Waals surface area (Å²) in [6.07, 6.45) is 4.28. The zero-order valence-electron chi connectivity index (χ0n) is 12.6. The Balaban J connectivity index is 1.59. The molecule has 1 aliphatic rings. The lowest BCUT2D eigenvalue weighted by Gasteiger charge is -2.06. The van der Waals surface area contributed by atoms with Gasteiger partial charge in [-0.05, 0) is 49.6 Å². The maximum atomic E-state index is 12.4. The van der Waals surface area contributed by atoms with Gasteiger partial charge in [0.05, 0.1) is 11.9 Å². The zero-order valence-corrected chi connectivity index (χ0v) is 13.3. The molecule has 0 spiro atoms. The van der Waals surface area contributed by atoms with Gasteiger partial charge >= 0.3 is 0 Å². The normalized spacial score (nSPS) is 14.2. The van der Waals surface area contributed by atoms with E-state index in [1.165, 1.54) is 12.8 Å². The minimum absolute atomic E-state index is 0.270. The molecule has 0 radical (unpaired) electrons. The van der Waals surface area contributed by atoms with Gasteiger partial charge in [-0.15, -0.1) is 0 Å². The molecule has 1 aliphatic carbocycles. The van der Waals surface area contributed by atoms with Crippen LogP contribution in [-0.4, -0.2) is 20.5 Å². The molecule has 0 atom stereocenters. The van der Waals surface area contributed by atoms with Crippen molar-refractivity contribution in [1.29, 1.82) is 0 Å². The van der Waals surface area contributed by atoms with Crippen molar-refractivity contribution in [3.05, 3.63) is 58.5 Å². The molecule has 0 saturated heterocycles. The molecule has 5 nitrogen and oxygen atoms in total. The van der Waals surface area contributed by atoms with Crippen molar-refractivity contribution >= 4 is 28.8 Å². The van der Waals surface area contributed by atoms with Crippen molar-refractivity contribution in [2.75, 3.05) is 5.32 Å². The van der Waals surface area contributed by atoms with E-state index < -0.39 is 0 Å². The Bertz CT molecular complexity index is 914. The molecule has 2 heterocycles. The highest BCUT2D eigenvalue weighted by atomic mass is 35.5. The van der Waals surface area contributed by atoms with Crippen LogP contribution in [0.4, 0.5) is 5.69 Å². The van der Waals surface area contributed by atoms with E-state index in [4.69, 9.17) is 11.6 Å². The molecule has 2 aromatic heterocycles. The Hall–Kier alpha value is -2.40. The number of anilines is 1. The first kappa shape index (κ1) is 14.2. The molecule has 1 saturated carbocycles. The highest BCUT2D eigenvalue weighted by molar-refractivity contribution is 6.31. The third-order valence-corrected chi connectivity index (χ3v) is 4.40. The number of carbonyl (C=O) groups is 1. The molecule has 1 amide bonds. The van der Waals surface area contributed by atoms with Crippen LogP contribution in [0.2, 0.25) is 5.02 Å². The first-order valence-electron chi connectivity index (χ1n) is 7.54. The zero-order chi connectivity index (χ0) is 16.0. The fourth-order valence-corrected chi connectivity index (χ4v) is 2.64. The van der Waals surface area contributed by atoms with Gasteiger partial charge in [0.15, 0.2) is 5.65 Å². The van der Waals surface area contributed by atoms with Crippen molar-refractivity contribution in [3.63, 3.8) is 0 Å². The van der Waals surface area contributed by atoms with Gasteiger partial charge in [0.1, 0.15) is 5.69 Å². The van der Waals surface area contributed by atoms with Crippen LogP contribution in [0.3, 0.4) is 0 Å². The smallest absolute Gasteiger partial charge is 0.276 e. The SMILES string of the molecule is Cc1ccc(NC(=O)c2ccc3nc(C4CC4)cn3n2)cc1Cl. The van der Waals surface area contributed by atoms with Gasteiger partial charge in [-0.2, -0.15) is 5.10 Å². The minimum atomic E-state index is -0.270. The largest absolute Gasteiger partial charge is 0.321 e. The van der Waals surface area contributed by atoms with E-state index in [9.17, 15) is 4.79 Å². The van der Waals surface area contributed by atoms with Crippen LogP contribution in [0.25, 0.3) is 5.65 Å². The van der Waals surface area contributed by atoms with Crippen LogP contribution in [0.15, 0.2) is 36.5 Å². The van der Waals surface area contributed by atoms with E-state index in [0.717, 1.165) is 16.9 Å². The molecule has 23 heavy (non-hydrogen) atoms. The second-order valence-corrected chi connectivity index (χ2v) is 6.29. The van der Waals surface area contributed by atoms with E-state index >= 15 is 0 Å². The lowest BCUT2D eigenvalue weighted by atomic mass is 10.2. The highest BCUT2D eigenvalue weighted by Gasteiger charge is 2.26. The van der Waals surface area contributed by atoms with Crippen molar-refractivity contribution in [3.8, 4) is 0 Å². The summed E-state index contributed by atoms with van der Waals surface area (Å²) in [6.45, 7) is 1.92. The average Bonchev–Trinajstić information content (AvgIpc) is 3.30. The number of fused-ring (bicyclic) bond motifs is 1. The first-order valence-corrected chi connectivity index (χ1v) is 7.92. The Morgan fingerprint density at radius 3 is 2.87 bits per heavy atom. The van der Waals surface area contributed by atoms with E-state index in [1.807, 2.05) is 31.3 Å². The number of carbonyl (C=O) groups excluding carboxylic acids is 1. The maximum absolute atomic E-state index is 12.4.